The van der Waals surface area contributed by atoms with Crippen LogP contribution >= 0.6 is 0 Å². The zero-order valence-electron chi connectivity index (χ0n) is 20.5. The molecule has 5 nitrogen and oxygen atoms in total. The summed E-state index contributed by atoms with van der Waals surface area (Å²) in [6.45, 7) is 2.26. The van der Waals surface area contributed by atoms with Crippen LogP contribution in [0.1, 0.15) is 75.6 Å². The van der Waals surface area contributed by atoms with E-state index in [9.17, 15) is 0 Å². The van der Waals surface area contributed by atoms with Gasteiger partial charge in [0.1, 0.15) is 5.52 Å². The second-order valence-electron chi connectivity index (χ2n) is 10.1. The number of hydrogen-bond donors (Lipinski definition) is 1. The van der Waals surface area contributed by atoms with E-state index in [0.717, 1.165) is 43.1 Å². The van der Waals surface area contributed by atoms with Crippen molar-refractivity contribution in [2.45, 2.75) is 70.1 Å². The molecule has 1 saturated carbocycles. The quantitative estimate of drug-likeness (QED) is 0.280. The molecule has 2 aliphatic rings. The first-order valence-electron chi connectivity index (χ1n) is 13.2. The Morgan fingerprint density at radius 3 is 2.29 bits per heavy atom. The third kappa shape index (κ3) is 3.87. The van der Waals surface area contributed by atoms with Crippen LogP contribution in [0.5, 0.6) is 0 Å². The lowest BCUT2D eigenvalue weighted by molar-refractivity contribution is -0.138. The third-order valence-electron chi connectivity index (χ3n) is 7.99. The Morgan fingerprint density at radius 2 is 1.57 bits per heavy atom. The van der Waals surface area contributed by atoms with Gasteiger partial charge in [-0.3, -0.25) is 4.84 Å². The van der Waals surface area contributed by atoms with Gasteiger partial charge in [-0.25, -0.2) is 4.68 Å². The number of hydrogen-bond acceptors (Lipinski definition) is 4. The predicted octanol–water partition coefficient (Wildman–Crippen LogP) is 7.15. The zero-order chi connectivity index (χ0) is 23.7. The summed E-state index contributed by atoms with van der Waals surface area (Å²) in [6, 6.07) is 25.8. The molecule has 0 saturated heterocycles. The van der Waals surface area contributed by atoms with Crippen molar-refractivity contribution < 1.29 is 4.84 Å². The highest BCUT2D eigenvalue weighted by atomic mass is 16.7. The summed E-state index contributed by atoms with van der Waals surface area (Å²) in [7, 11) is 0. The maximum Gasteiger partial charge on any atom is 0.175 e. The number of nitrogens with zero attached hydrogens (tertiary/aromatic N) is 3. The number of nitrogens with one attached hydrogen (secondary N) is 1. The predicted molar refractivity (Wildman–Crippen MR) is 140 cm³/mol. The molecule has 2 aliphatic carbocycles. The lowest BCUT2D eigenvalue weighted by Gasteiger charge is -2.37. The van der Waals surface area contributed by atoms with Gasteiger partial charge in [0.05, 0.1) is 11.1 Å². The van der Waals surface area contributed by atoms with Crippen LogP contribution in [0.2, 0.25) is 0 Å². The van der Waals surface area contributed by atoms with Crippen LogP contribution in [-0.2, 0) is 10.4 Å². The molecule has 0 aliphatic heterocycles. The van der Waals surface area contributed by atoms with Crippen molar-refractivity contribution in [3.05, 3.63) is 83.9 Å². The maximum absolute atomic E-state index is 6.84. The van der Waals surface area contributed by atoms with Crippen molar-refractivity contribution in [3.63, 3.8) is 0 Å². The first kappa shape index (κ1) is 22.4. The molecule has 5 heteroatoms. The fourth-order valence-corrected chi connectivity index (χ4v) is 6.20. The largest absolute Gasteiger partial charge is 0.273 e. The highest BCUT2D eigenvalue weighted by Crippen LogP contribution is 2.50. The van der Waals surface area contributed by atoms with E-state index < -0.39 is 0 Å². The van der Waals surface area contributed by atoms with Crippen LogP contribution in [0.25, 0.3) is 22.2 Å². The molecule has 4 aromatic rings. The molecule has 1 unspecified atom stereocenters. The van der Waals surface area contributed by atoms with Crippen molar-refractivity contribution in [1.29, 1.82) is 0 Å². The molecule has 1 fully saturated rings. The second-order valence-corrected chi connectivity index (χ2v) is 10.1. The highest BCUT2D eigenvalue weighted by Gasteiger charge is 2.44. The molecule has 1 atom stereocenters. The van der Waals surface area contributed by atoms with Crippen LogP contribution in [0.3, 0.4) is 0 Å². The Hall–Kier alpha value is -3.02. The van der Waals surface area contributed by atoms with Crippen molar-refractivity contribution in [1.82, 2.24) is 20.5 Å². The van der Waals surface area contributed by atoms with E-state index in [2.05, 4.69) is 83.4 Å². The number of para-hydroxylation sites is 1. The van der Waals surface area contributed by atoms with Crippen LogP contribution < -0.4 is 5.48 Å². The SMILES string of the molecule is CCCCC1(NOC(C2CCCCC2)n2nnc3ccccc32)c2ccccc2-c2ccccc21. The van der Waals surface area contributed by atoms with Gasteiger partial charge in [0.15, 0.2) is 6.23 Å². The van der Waals surface area contributed by atoms with Gasteiger partial charge in [0, 0.05) is 5.92 Å². The van der Waals surface area contributed by atoms with E-state index in [-0.39, 0.29) is 11.8 Å². The van der Waals surface area contributed by atoms with Crippen molar-refractivity contribution in [2.24, 2.45) is 5.92 Å². The monoisotopic (exact) mass is 466 g/mol. The number of rotatable bonds is 8. The number of fused-ring (bicyclic) bond motifs is 4. The summed E-state index contributed by atoms with van der Waals surface area (Å²) in [5.74, 6) is 0.400. The minimum atomic E-state index is -0.382. The summed E-state index contributed by atoms with van der Waals surface area (Å²) in [4.78, 5) is 6.84. The fraction of sp³-hybridized carbons (Fsp3) is 0.400. The minimum absolute atomic E-state index is 0.207. The standard InChI is InChI=1S/C30H34N4O/c1-2-3-21-30(25-17-9-7-15-23(25)24-16-8-10-18-26(24)30)32-35-29(22-13-5-4-6-14-22)34-28-20-12-11-19-27(28)31-33-34/h7-12,15-20,22,29,32H,2-6,13-14,21H2,1H3. The van der Waals surface area contributed by atoms with Gasteiger partial charge in [-0.05, 0) is 53.6 Å². The average Bonchev–Trinajstić information content (AvgIpc) is 3.47. The first-order valence-corrected chi connectivity index (χ1v) is 13.2. The molecule has 1 aromatic heterocycles. The lowest BCUT2D eigenvalue weighted by Crippen LogP contribution is -2.44. The molecule has 0 bridgehead atoms. The van der Waals surface area contributed by atoms with E-state index in [0.29, 0.717) is 5.92 Å². The van der Waals surface area contributed by atoms with E-state index in [1.54, 1.807) is 0 Å². The lowest BCUT2D eigenvalue weighted by atomic mass is 9.83. The van der Waals surface area contributed by atoms with E-state index in [4.69, 9.17) is 4.84 Å². The first-order chi connectivity index (χ1) is 17.3. The average molecular weight is 467 g/mol. The molecular formula is C30H34N4O. The van der Waals surface area contributed by atoms with Crippen LogP contribution in [0.4, 0.5) is 0 Å². The normalized spacial score (nSPS) is 17.9. The molecule has 6 rings (SSSR count). The molecule has 1 heterocycles. The van der Waals surface area contributed by atoms with Crippen molar-refractivity contribution in [3.8, 4) is 11.1 Å². The van der Waals surface area contributed by atoms with Crippen LogP contribution in [-0.4, -0.2) is 15.0 Å². The molecule has 0 amide bonds. The Kier molecular flexibility index (Phi) is 6.13. The number of unbranched alkanes of at least 4 members (excludes halogenated alkanes) is 1. The van der Waals surface area contributed by atoms with E-state index in [1.807, 2.05) is 16.8 Å². The molecule has 0 spiro atoms. The summed E-state index contributed by atoms with van der Waals surface area (Å²) in [5.41, 5.74) is 10.5. The fourth-order valence-electron chi connectivity index (χ4n) is 6.20. The van der Waals surface area contributed by atoms with E-state index >= 15 is 0 Å². The molecule has 0 radical (unpaired) electrons. The minimum Gasteiger partial charge on any atom is -0.273 e. The Morgan fingerprint density at radius 1 is 0.914 bits per heavy atom. The summed E-state index contributed by atoms with van der Waals surface area (Å²) in [5, 5.41) is 9.05. The van der Waals surface area contributed by atoms with Gasteiger partial charge < -0.3 is 0 Å². The van der Waals surface area contributed by atoms with E-state index in [1.165, 1.54) is 41.5 Å². The zero-order valence-corrected chi connectivity index (χ0v) is 20.5. The van der Waals surface area contributed by atoms with Gasteiger partial charge in [0.25, 0.3) is 0 Å². The van der Waals surface area contributed by atoms with Gasteiger partial charge in [-0.2, -0.15) is 5.48 Å². The molecule has 3 aromatic carbocycles. The topological polar surface area (TPSA) is 52.0 Å². The summed E-state index contributed by atoms with van der Waals surface area (Å²) < 4.78 is 2.01. The molecule has 180 valence electrons. The van der Waals surface area contributed by atoms with Gasteiger partial charge in [0.2, 0.25) is 0 Å². The molecule has 35 heavy (non-hydrogen) atoms. The summed E-state index contributed by atoms with van der Waals surface area (Å²) >= 11 is 0. The Balaban J connectivity index is 1.42. The molecular weight excluding hydrogens is 432 g/mol. The van der Waals surface area contributed by atoms with Gasteiger partial charge >= 0.3 is 0 Å². The van der Waals surface area contributed by atoms with Crippen LogP contribution in [0.15, 0.2) is 72.8 Å². The third-order valence-corrected chi connectivity index (χ3v) is 7.99. The van der Waals surface area contributed by atoms with Gasteiger partial charge in [-0.15, -0.1) is 5.10 Å². The smallest absolute Gasteiger partial charge is 0.175 e. The Bertz CT molecular complexity index is 1260. The maximum atomic E-state index is 6.84. The number of aromatic nitrogens is 3. The van der Waals surface area contributed by atoms with Crippen LogP contribution in [0, 0.1) is 5.92 Å². The number of hydroxylamine groups is 1. The van der Waals surface area contributed by atoms with Crippen molar-refractivity contribution in [2.75, 3.05) is 0 Å². The summed E-state index contributed by atoms with van der Waals surface area (Å²) in [6.07, 6.45) is 9.09. The van der Waals surface area contributed by atoms with Gasteiger partial charge in [-0.1, -0.05) is 105 Å². The second kappa shape index (κ2) is 9.56. The number of benzene rings is 3. The highest BCUT2D eigenvalue weighted by molar-refractivity contribution is 5.80. The molecule has 1 N–H and O–H groups in total. The van der Waals surface area contributed by atoms with Crippen molar-refractivity contribution >= 4 is 11.0 Å². The Labute approximate surface area is 207 Å².